The van der Waals surface area contributed by atoms with Gasteiger partial charge in [0.15, 0.2) is 11.7 Å². The minimum Gasteiger partial charge on any atom is -0.440 e. The monoisotopic (exact) mass is 232 g/mol. The van der Waals surface area contributed by atoms with Crippen molar-refractivity contribution < 1.29 is 8.63 Å². The Bertz CT molecular complexity index is 514. The Hall–Kier alpha value is -1.55. The van der Waals surface area contributed by atoms with Crippen molar-refractivity contribution in [2.24, 2.45) is 0 Å². The molecular weight excluding hydrogens is 222 g/mol. The second-order valence-corrected chi connectivity index (χ2v) is 4.58. The van der Waals surface area contributed by atoms with Crippen molar-refractivity contribution in [3.05, 3.63) is 36.4 Å². The fraction of sp³-hybridized carbons (Fsp3) is 0.250. The summed E-state index contributed by atoms with van der Waals surface area (Å²) < 4.78 is 16.2. The molecule has 0 atom stereocenters. The summed E-state index contributed by atoms with van der Waals surface area (Å²) in [4.78, 5) is 4.98. The molecule has 0 spiro atoms. The Labute approximate surface area is 97.0 Å². The summed E-state index contributed by atoms with van der Waals surface area (Å²) in [5, 5.41) is 0. The van der Waals surface area contributed by atoms with Gasteiger partial charge in [0.25, 0.3) is 4.90 Å². The fourth-order valence-corrected chi connectivity index (χ4v) is 1.86. The first-order valence-electron chi connectivity index (χ1n) is 5.23. The smallest absolute Gasteiger partial charge is 0.440 e. The second kappa shape index (κ2) is 3.79. The van der Waals surface area contributed by atoms with Gasteiger partial charge in [-0.2, -0.15) is 0 Å². The van der Waals surface area contributed by atoms with E-state index in [-0.39, 0.29) is 0 Å². The Balaban J connectivity index is 1.91. The quantitative estimate of drug-likeness (QED) is 0.764. The zero-order chi connectivity index (χ0) is 11.0. The van der Waals surface area contributed by atoms with Crippen LogP contribution in [0.5, 0.6) is 0 Å². The topological polar surface area (TPSA) is 43.1 Å². The van der Waals surface area contributed by atoms with Gasteiger partial charge in [-0.15, -0.1) is 0 Å². The molecule has 2 aromatic rings. The molecule has 0 N–H and O–H groups in total. The van der Waals surface area contributed by atoms with Gasteiger partial charge in [-0.1, -0.05) is 0 Å². The molecule has 1 heterocycles. The summed E-state index contributed by atoms with van der Waals surface area (Å²) in [6, 6.07) is 7.37. The van der Waals surface area contributed by atoms with Crippen LogP contribution in [-0.2, 0) is 15.9 Å². The third-order valence-corrected chi connectivity index (χ3v) is 3.15. The zero-order valence-electron chi connectivity index (χ0n) is 8.55. The summed E-state index contributed by atoms with van der Waals surface area (Å²) in [5.41, 5.74) is 0.970. The van der Waals surface area contributed by atoms with Gasteiger partial charge in [0, 0.05) is 27.8 Å². The van der Waals surface area contributed by atoms with E-state index in [4.69, 9.17) is 4.42 Å². The summed E-state index contributed by atoms with van der Waals surface area (Å²) in [6.45, 7) is 0. The maximum absolute atomic E-state index is 10.6. The minimum absolute atomic E-state index is 0.497. The van der Waals surface area contributed by atoms with Gasteiger partial charge in [0.1, 0.15) is 0 Å². The molecule has 1 fully saturated rings. The molecule has 16 heavy (non-hydrogen) atoms. The van der Waals surface area contributed by atoms with Crippen molar-refractivity contribution in [3.8, 4) is 11.3 Å². The zero-order valence-corrected chi connectivity index (χ0v) is 9.37. The highest BCUT2D eigenvalue weighted by Gasteiger charge is 2.28. The van der Waals surface area contributed by atoms with Gasteiger partial charge >= 0.3 is 11.7 Å². The number of rotatable bonds is 3. The lowest BCUT2D eigenvalue weighted by molar-refractivity contribution is 0.509. The van der Waals surface area contributed by atoms with Gasteiger partial charge in [-0.05, 0) is 25.0 Å². The van der Waals surface area contributed by atoms with Crippen molar-refractivity contribution in [3.63, 3.8) is 0 Å². The van der Waals surface area contributed by atoms with E-state index in [1.54, 1.807) is 18.3 Å². The highest BCUT2D eigenvalue weighted by atomic mass is 32.1. The summed E-state index contributed by atoms with van der Waals surface area (Å²) in [7, 11) is 0. The molecule has 80 valence electrons. The van der Waals surface area contributed by atoms with Crippen LogP contribution in [0.4, 0.5) is 0 Å². The molecule has 0 bridgehead atoms. The molecule has 1 aliphatic carbocycles. The van der Waals surface area contributed by atoms with Crippen molar-refractivity contribution in [2.75, 3.05) is 0 Å². The average molecular weight is 232 g/mol. The SMILES string of the molecule is O=[S+]c1ccc(-c2cnc(C3CC3)o2)cc1. The third-order valence-electron chi connectivity index (χ3n) is 2.69. The molecule has 1 aliphatic rings. The van der Waals surface area contributed by atoms with Crippen molar-refractivity contribution >= 4 is 11.7 Å². The number of aromatic nitrogens is 1. The van der Waals surface area contributed by atoms with Crippen LogP contribution in [0, 0.1) is 0 Å². The van der Waals surface area contributed by atoms with Crippen LogP contribution in [0.3, 0.4) is 0 Å². The van der Waals surface area contributed by atoms with Crippen LogP contribution < -0.4 is 0 Å². The van der Waals surface area contributed by atoms with Gasteiger partial charge in [-0.3, -0.25) is 0 Å². The molecule has 1 aromatic heterocycles. The maximum atomic E-state index is 10.6. The van der Waals surface area contributed by atoms with E-state index in [2.05, 4.69) is 4.98 Å². The Morgan fingerprint density at radius 2 is 2.00 bits per heavy atom. The molecule has 0 radical (unpaired) electrons. The molecule has 0 unspecified atom stereocenters. The average Bonchev–Trinajstić information content (AvgIpc) is 3.08. The normalized spacial score (nSPS) is 15.0. The largest absolute Gasteiger partial charge is 0.505 e. The summed E-state index contributed by atoms with van der Waals surface area (Å²) in [5.74, 6) is 2.16. The van der Waals surface area contributed by atoms with Crippen molar-refractivity contribution in [2.45, 2.75) is 23.7 Å². The lowest BCUT2D eigenvalue weighted by Crippen LogP contribution is -1.76. The fourth-order valence-electron chi connectivity index (χ4n) is 1.61. The molecule has 4 heteroatoms. The highest BCUT2D eigenvalue weighted by molar-refractivity contribution is 7.65. The highest BCUT2D eigenvalue weighted by Crippen LogP contribution is 2.40. The Kier molecular flexibility index (Phi) is 2.29. The van der Waals surface area contributed by atoms with Crippen LogP contribution in [0.1, 0.15) is 24.7 Å². The standard InChI is InChI=1S/C12H10NO2S/c14-16-10-5-3-8(4-6-10)11-7-13-12(15-11)9-1-2-9/h3-7,9H,1-2H2/q+1. The number of hydrogen-bond acceptors (Lipinski definition) is 3. The Morgan fingerprint density at radius 1 is 1.25 bits per heavy atom. The van der Waals surface area contributed by atoms with E-state index in [1.165, 1.54) is 12.8 Å². The Morgan fingerprint density at radius 3 is 2.62 bits per heavy atom. The van der Waals surface area contributed by atoms with E-state index < -0.39 is 0 Å². The molecule has 0 aliphatic heterocycles. The van der Waals surface area contributed by atoms with Crippen LogP contribution in [0.2, 0.25) is 0 Å². The molecule has 3 rings (SSSR count). The molecule has 1 aromatic carbocycles. The first kappa shape index (κ1) is 9.66. The number of benzene rings is 1. The summed E-state index contributed by atoms with van der Waals surface area (Å²) in [6.07, 6.45) is 4.13. The van der Waals surface area contributed by atoms with Crippen LogP contribution in [-0.4, -0.2) is 4.98 Å². The summed E-state index contributed by atoms with van der Waals surface area (Å²) >= 11 is 0.497. The van der Waals surface area contributed by atoms with Crippen LogP contribution >= 0.6 is 0 Å². The first-order chi connectivity index (χ1) is 7.86. The molecular formula is C12H10NO2S+. The maximum Gasteiger partial charge on any atom is 0.505 e. The predicted octanol–water partition coefficient (Wildman–Crippen LogP) is 3.01. The van der Waals surface area contributed by atoms with E-state index in [1.807, 2.05) is 12.1 Å². The third kappa shape index (κ3) is 1.76. The van der Waals surface area contributed by atoms with Crippen LogP contribution in [0.25, 0.3) is 11.3 Å². The number of hydrogen-bond donors (Lipinski definition) is 0. The van der Waals surface area contributed by atoms with Crippen LogP contribution in [0.15, 0.2) is 39.8 Å². The molecule has 3 nitrogen and oxygen atoms in total. The second-order valence-electron chi connectivity index (χ2n) is 3.94. The van der Waals surface area contributed by atoms with E-state index in [0.717, 1.165) is 17.2 Å². The molecule has 0 amide bonds. The van der Waals surface area contributed by atoms with E-state index in [0.29, 0.717) is 22.5 Å². The van der Waals surface area contributed by atoms with Crippen molar-refractivity contribution in [1.82, 2.24) is 4.98 Å². The van der Waals surface area contributed by atoms with Gasteiger partial charge in [-0.25, -0.2) is 4.98 Å². The van der Waals surface area contributed by atoms with Gasteiger partial charge in [0.05, 0.1) is 6.20 Å². The molecule has 1 saturated carbocycles. The predicted molar refractivity (Wildman–Crippen MR) is 60.2 cm³/mol. The van der Waals surface area contributed by atoms with E-state index in [9.17, 15) is 4.21 Å². The van der Waals surface area contributed by atoms with E-state index >= 15 is 0 Å². The number of oxazole rings is 1. The lowest BCUT2D eigenvalue weighted by atomic mass is 10.2. The van der Waals surface area contributed by atoms with Gasteiger partial charge in [0.2, 0.25) is 0 Å². The first-order valence-corrected chi connectivity index (χ1v) is 5.97. The van der Waals surface area contributed by atoms with Gasteiger partial charge < -0.3 is 4.42 Å². The molecule has 0 saturated heterocycles. The minimum atomic E-state index is 0.497. The van der Waals surface area contributed by atoms with Crippen molar-refractivity contribution in [1.29, 1.82) is 0 Å². The lowest BCUT2D eigenvalue weighted by Gasteiger charge is -1.93. The number of nitrogens with zero attached hydrogens (tertiary/aromatic N) is 1.